The van der Waals surface area contributed by atoms with Gasteiger partial charge in [0.2, 0.25) is 0 Å². The van der Waals surface area contributed by atoms with Gasteiger partial charge in [-0.3, -0.25) is 0 Å². The zero-order valence-electron chi connectivity index (χ0n) is 10.8. The van der Waals surface area contributed by atoms with Gasteiger partial charge in [-0.15, -0.1) is 0 Å². The fourth-order valence-electron chi connectivity index (χ4n) is 3.19. The Morgan fingerprint density at radius 2 is 1.72 bits per heavy atom. The molecule has 1 heteroatoms. The summed E-state index contributed by atoms with van der Waals surface area (Å²) in [4.78, 5) is 0. The Kier molecular flexibility index (Phi) is 3.33. The lowest BCUT2D eigenvalue weighted by molar-refractivity contribution is 0.429. The first-order valence-corrected chi connectivity index (χ1v) is 7.06. The third kappa shape index (κ3) is 2.41. The van der Waals surface area contributed by atoms with E-state index in [2.05, 4.69) is 42.5 Å². The van der Waals surface area contributed by atoms with Crippen molar-refractivity contribution in [3.05, 3.63) is 48.0 Å². The SMILES string of the molecule is NC(Cc1ccc2ccccc2c1)C1CCCC1. The molecule has 0 heterocycles. The van der Waals surface area contributed by atoms with Gasteiger partial charge in [-0.25, -0.2) is 0 Å². The largest absolute Gasteiger partial charge is 0.327 e. The van der Waals surface area contributed by atoms with Crippen LogP contribution < -0.4 is 5.73 Å². The quantitative estimate of drug-likeness (QED) is 0.863. The van der Waals surface area contributed by atoms with Crippen LogP contribution in [-0.2, 0) is 6.42 Å². The van der Waals surface area contributed by atoms with Crippen molar-refractivity contribution in [1.82, 2.24) is 0 Å². The second kappa shape index (κ2) is 5.11. The van der Waals surface area contributed by atoms with E-state index in [9.17, 15) is 0 Å². The van der Waals surface area contributed by atoms with Crippen LogP contribution in [0.15, 0.2) is 42.5 Å². The lowest BCUT2D eigenvalue weighted by atomic mass is 9.92. The van der Waals surface area contributed by atoms with Crippen LogP contribution in [0.1, 0.15) is 31.2 Å². The van der Waals surface area contributed by atoms with Gasteiger partial charge in [-0.2, -0.15) is 0 Å². The minimum Gasteiger partial charge on any atom is -0.327 e. The van der Waals surface area contributed by atoms with Gasteiger partial charge in [0.15, 0.2) is 0 Å². The standard InChI is InChI=1S/C17H21N/c18-17(15-6-2-3-7-15)12-13-9-10-14-5-1-4-8-16(14)11-13/h1,4-5,8-11,15,17H,2-3,6-7,12,18H2. The molecular weight excluding hydrogens is 218 g/mol. The highest BCUT2D eigenvalue weighted by Crippen LogP contribution is 2.28. The first-order valence-electron chi connectivity index (χ1n) is 7.06. The van der Waals surface area contributed by atoms with Crippen LogP contribution in [0.4, 0.5) is 0 Å². The molecule has 3 rings (SSSR count). The number of benzene rings is 2. The molecule has 0 aromatic heterocycles. The molecule has 0 radical (unpaired) electrons. The molecule has 1 aliphatic carbocycles. The minimum absolute atomic E-state index is 0.341. The summed E-state index contributed by atoms with van der Waals surface area (Å²) in [6.07, 6.45) is 6.42. The van der Waals surface area contributed by atoms with E-state index in [4.69, 9.17) is 5.73 Å². The van der Waals surface area contributed by atoms with Crippen molar-refractivity contribution in [2.24, 2.45) is 11.7 Å². The number of fused-ring (bicyclic) bond motifs is 1. The van der Waals surface area contributed by atoms with Crippen molar-refractivity contribution in [3.8, 4) is 0 Å². The summed E-state index contributed by atoms with van der Waals surface area (Å²) in [6.45, 7) is 0. The van der Waals surface area contributed by atoms with Crippen LogP contribution in [0.3, 0.4) is 0 Å². The molecule has 2 N–H and O–H groups in total. The van der Waals surface area contributed by atoms with E-state index in [1.165, 1.54) is 42.0 Å². The molecule has 1 fully saturated rings. The van der Waals surface area contributed by atoms with E-state index in [0.717, 1.165) is 12.3 Å². The van der Waals surface area contributed by atoms with Gasteiger partial charge in [-0.05, 0) is 41.5 Å². The lowest BCUT2D eigenvalue weighted by Crippen LogP contribution is -2.30. The van der Waals surface area contributed by atoms with Crippen molar-refractivity contribution in [2.75, 3.05) is 0 Å². The van der Waals surface area contributed by atoms with Crippen LogP contribution in [0, 0.1) is 5.92 Å². The second-order valence-electron chi connectivity index (χ2n) is 5.59. The summed E-state index contributed by atoms with van der Waals surface area (Å²) >= 11 is 0. The number of nitrogens with two attached hydrogens (primary N) is 1. The molecule has 1 unspecified atom stereocenters. The normalized spacial score (nSPS) is 18.3. The third-order valence-corrected chi connectivity index (χ3v) is 4.29. The van der Waals surface area contributed by atoms with E-state index in [0.29, 0.717) is 6.04 Å². The molecule has 2 aromatic carbocycles. The van der Waals surface area contributed by atoms with Crippen molar-refractivity contribution in [3.63, 3.8) is 0 Å². The zero-order chi connectivity index (χ0) is 12.4. The van der Waals surface area contributed by atoms with Gasteiger partial charge in [0.25, 0.3) is 0 Å². The molecule has 1 nitrogen and oxygen atoms in total. The molecular formula is C17H21N. The predicted molar refractivity (Wildman–Crippen MR) is 77.6 cm³/mol. The summed E-state index contributed by atoms with van der Waals surface area (Å²) in [7, 11) is 0. The van der Waals surface area contributed by atoms with Gasteiger partial charge >= 0.3 is 0 Å². The van der Waals surface area contributed by atoms with Crippen LogP contribution in [0.25, 0.3) is 10.8 Å². The van der Waals surface area contributed by atoms with E-state index < -0.39 is 0 Å². The summed E-state index contributed by atoms with van der Waals surface area (Å²) in [6, 6.07) is 15.6. The van der Waals surface area contributed by atoms with Crippen LogP contribution in [-0.4, -0.2) is 6.04 Å². The molecule has 0 spiro atoms. The van der Waals surface area contributed by atoms with Gasteiger partial charge in [0.05, 0.1) is 0 Å². The molecule has 94 valence electrons. The maximum Gasteiger partial charge on any atom is 0.0108 e. The molecule has 2 aromatic rings. The zero-order valence-corrected chi connectivity index (χ0v) is 10.8. The number of rotatable bonds is 3. The summed E-state index contributed by atoms with van der Waals surface area (Å²) in [5.41, 5.74) is 7.74. The summed E-state index contributed by atoms with van der Waals surface area (Å²) in [5, 5.41) is 2.64. The highest BCUT2D eigenvalue weighted by Gasteiger charge is 2.21. The van der Waals surface area contributed by atoms with Gasteiger partial charge in [0.1, 0.15) is 0 Å². The van der Waals surface area contributed by atoms with Gasteiger partial charge in [0, 0.05) is 6.04 Å². The molecule has 18 heavy (non-hydrogen) atoms. The first kappa shape index (κ1) is 11.7. The smallest absolute Gasteiger partial charge is 0.0108 e. The average Bonchev–Trinajstić information content (AvgIpc) is 2.92. The minimum atomic E-state index is 0.341. The fourth-order valence-corrected chi connectivity index (χ4v) is 3.19. The van der Waals surface area contributed by atoms with E-state index in [1.54, 1.807) is 0 Å². The van der Waals surface area contributed by atoms with Gasteiger partial charge < -0.3 is 5.73 Å². The van der Waals surface area contributed by atoms with Crippen molar-refractivity contribution < 1.29 is 0 Å². The molecule has 0 aliphatic heterocycles. The Hall–Kier alpha value is -1.34. The maximum atomic E-state index is 6.36. The average molecular weight is 239 g/mol. The molecule has 1 saturated carbocycles. The summed E-state index contributed by atoms with van der Waals surface area (Å²) in [5.74, 6) is 0.747. The highest BCUT2D eigenvalue weighted by molar-refractivity contribution is 5.82. The number of hydrogen-bond acceptors (Lipinski definition) is 1. The molecule has 1 atom stereocenters. The van der Waals surface area contributed by atoms with Crippen molar-refractivity contribution >= 4 is 10.8 Å². The summed E-state index contributed by atoms with van der Waals surface area (Å²) < 4.78 is 0. The Labute approximate surface area is 109 Å². The Morgan fingerprint density at radius 3 is 2.50 bits per heavy atom. The van der Waals surface area contributed by atoms with Crippen molar-refractivity contribution in [1.29, 1.82) is 0 Å². The van der Waals surface area contributed by atoms with Crippen molar-refractivity contribution in [2.45, 2.75) is 38.1 Å². The lowest BCUT2D eigenvalue weighted by Gasteiger charge is -2.19. The number of hydrogen-bond donors (Lipinski definition) is 1. The molecule has 0 saturated heterocycles. The van der Waals surface area contributed by atoms with E-state index in [1.807, 2.05) is 0 Å². The fraction of sp³-hybridized carbons (Fsp3) is 0.412. The second-order valence-corrected chi connectivity index (χ2v) is 5.59. The maximum absolute atomic E-state index is 6.36. The molecule has 0 bridgehead atoms. The molecule has 0 amide bonds. The Balaban J connectivity index is 1.77. The first-order chi connectivity index (χ1) is 8.83. The third-order valence-electron chi connectivity index (χ3n) is 4.29. The van der Waals surface area contributed by atoms with Crippen LogP contribution in [0.2, 0.25) is 0 Å². The molecule has 1 aliphatic rings. The Morgan fingerprint density at radius 1 is 1.00 bits per heavy atom. The van der Waals surface area contributed by atoms with Crippen LogP contribution in [0.5, 0.6) is 0 Å². The highest BCUT2D eigenvalue weighted by atomic mass is 14.7. The van der Waals surface area contributed by atoms with E-state index in [-0.39, 0.29) is 0 Å². The van der Waals surface area contributed by atoms with Gasteiger partial charge in [-0.1, -0.05) is 55.3 Å². The predicted octanol–water partition coefficient (Wildman–Crippen LogP) is 3.90. The monoisotopic (exact) mass is 239 g/mol. The topological polar surface area (TPSA) is 26.0 Å². The Bertz CT molecular complexity index is 526. The van der Waals surface area contributed by atoms with E-state index >= 15 is 0 Å². The van der Waals surface area contributed by atoms with Crippen LogP contribution >= 0.6 is 0 Å².